The van der Waals surface area contributed by atoms with Crippen molar-refractivity contribution in [1.29, 1.82) is 0 Å². The molecule has 0 unspecified atom stereocenters. The van der Waals surface area contributed by atoms with Crippen LogP contribution < -0.4 is 0 Å². The number of rotatable bonds is 4. The maximum atomic E-state index is 13.2. The zero-order valence-electron chi connectivity index (χ0n) is 14.4. The summed E-state index contributed by atoms with van der Waals surface area (Å²) in [5.41, 5.74) is 0. The minimum Gasteiger partial charge on any atom is -0.339 e. The van der Waals surface area contributed by atoms with Gasteiger partial charge in [0.2, 0.25) is 5.91 Å². The number of hydrogen-bond donors (Lipinski definition) is 0. The highest BCUT2D eigenvalue weighted by Gasteiger charge is 2.35. The summed E-state index contributed by atoms with van der Waals surface area (Å²) in [5, 5.41) is 4.26. The summed E-state index contributed by atoms with van der Waals surface area (Å²) in [6.07, 6.45) is 9.20. The van der Waals surface area contributed by atoms with Crippen molar-refractivity contribution in [1.82, 2.24) is 24.6 Å². The fourth-order valence-corrected chi connectivity index (χ4v) is 4.02. The number of hydrogen-bond acceptors (Lipinski definition) is 4. The first kappa shape index (κ1) is 16.4. The van der Waals surface area contributed by atoms with Crippen molar-refractivity contribution in [2.24, 2.45) is 5.92 Å². The number of likely N-dealkylation sites (tertiary alicyclic amines) is 2. The summed E-state index contributed by atoms with van der Waals surface area (Å²) < 4.78 is 1.91. The number of carbonyl (C=O) groups excluding carboxylic acids is 1. The molecule has 23 heavy (non-hydrogen) atoms. The number of aromatic nitrogens is 3. The molecule has 0 aliphatic carbocycles. The van der Waals surface area contributed by atoms with Crippen LogP contribution in [0.5, 0.6) is 0 Å². The highest BCUT2D eigenvalue weighted by Crippen LogP contribution is 2.24. The molecule has 2 saturated heterocycles. The molecule has 6 nitrogen and oxygen atoms in total. The third-order valence-electron chi connectivity index (χ3n) is 5.19. The molecule has 2 atom stereocenters. The monoisotopic (exact) mass is 319 g/mol. The Hall–Kier alpha value is -1.43. The van der Waals surface area contributed by atoms with Crippen molar-refractivity contribution in [2.45, 2.75) is 58.0 Å². The van der Waals surface area contributed by atoms with Crippen LogP contribution >= 0.6 is 0 Å². The Morgan fingerprint density at radius 3 is 2.57 bits per heavy atom. The van der Waals surface area contributed by atoms with Crippen LogP contribution in [-0.2, 0) is 4.79 Å². The summed E-state index contributed by atoms with van der Waals surface area (Å²) in [4.78, 5) is 21.7. The molecule has 0 saturated carbocycles. The molecule has 0 bridgehead atoms. The van der Waals surface area contributed by atoms with Gasteiger partial charge in [0.05, 0.1) is 12.1 Å². The standard InChI is InChI=1S/C17H29N5O/c1-14(2)16(20-8-4-3-5-9-20)17(23)21-10-6-7-15(11-21)22-13-18-12-19-22/h12-16H,3-11H2,1-2H3/t15-,16+/m0/s1. The van der Waals surface area contributed by atoms with Gasteiger partial charge in [-0.1, -0.05) is 20.3 Å². The Bertz CT molecular complexity index is 495. The van der Waals surface area contributed by atoms with Crippen molar-refractivity contribution in [2.75, 3.05) is 26.2 Å². The van der Waals surface area contributed by atoms with Crippen molar-refractivity contribution in [3.05, 3.63) is 12.7 Å². The molecule has 2 aliphatic rings. The van der Waals surface area contributed by atoms with E-state index in [1.165, 1.54) is 19.3 Å². The minimum absolute atomic E-state index is 0.0322. The largest absolute Gasteiger partial charge is 0.339 e. The van der Waals surface area contributed by atoms with E-state index in [-0.39, 0.29) is 12.1 Å². The van der Waals surface area contributed by atoms with E-state index in [0.29, 0.717) is 11.8 Å². The molecule has 1 aromatic heterocycles. The smallest absolute Gasteiger partial charge is 0.240 e. The summed E-state index contributed by atoms with van der Waals surface area (Å²) >= 11 is 0. The van der Waals surface area contributed by atoms with Crippen molar-refractivity contribution >= 4 is 5.91 Å². The molecule has 6 heteroatoms. The number of piperidine rings is 2. The number of amides is 1. The molecular formula is C17H29N5O. The van der Waals surface area contributed by atoms with E-state index < -0.39 is 0 Å². The van der Waals surface area contributed by atoms with Gasteiger partial charge in [0, 0.05) is 13.1 Å². The molecule has 3 rings (SSSR count). The number of nitrogens with zero attached hydrogens (tertiary/aromatic N) is 5. The van der Waals surface area contributed by atoms with Gasteiger partial charge in [-0.3, -0.25) is 9.69 Å². The van der Waals surface area contributed by atoms with Crippen molar-refractivity contribution < 1.29 is 4.79 Å². The lowest BCUT2D eigenvalue weighted by molar-refractivity contribution is -0.141. The zero-order valence-corrected chi connectivity index (χ0v) is 14.4. The third kappa shape index (κ3) is 3.74. The quantitative estimate of drug-likeness (QED) is 0.851. The maximum absolute atomic E-state index is 13.2. The summed E-state index contributed by atoms with van der Waals surface area (Å²) in [6, 6.07) is 0.300. The molecule has 128 valence electrons. The van der Waals surface area contributed by atoms with Crippen LogP contribution in [0.15, 0.2) is 12.7 Å². The zero-order chi connectivity index (χ0) is 16.2. The molecule has 2 fully saturated rings. The van der Waals surface area contributed by atoms with E-state index in [9.17, 15) is 4.79 Å². The Morgan fingerprint density at radius 1 is 1.13 bits per heavy atom. The van der Waals surface area contributed by atoms with E-state index in [4.69, 9.17) is 0 Å². The molecule has 1 aromatic rings. The summed E-state index contributed by atoms with van der Waals surface area (Å²) in [6.45, 7) is 8.12. The lowest BCUT2D eigenvalue weighted by atomic mass is 9.96. The van der Waals surface area contributed by atoms with Crippen LogP contribution in [0.2, 0.25) is 0 Å². The molecule has 0 N–H and O–H groups in total. The first-order chi connectivity index (χ1) is 11.2. The second kappa shape index (κ2) is 7.43. The van der Waals surface area contributed by atoms with Crippen LogP contribution in [0.25, 0.3) is 0 Å². The highest BCUT2D eigenvalue weighted by molar-refractivity contribution is 5.82. The van der Waals surface area contributed by atoms with E-state index in [0.717, 1.165) is 39.0 Å². The second-order valence-electron chi connectivity index (χ2n) is 7.24. The summed E-state index contributed by atoms with van der Waals surface area (Å²) in [5.74, 6) is 0.666. The maximum Gasteiger partial charge on any atom is 0.240 e. The van der Waals surface area contributed by atoms with Crippen molar-refractivity contribution in [3.63, 3.8) is 0 Å². The van der Waals surface area contributed by atoms with Gasteiger partial charge in [0.15, 0.2) is 0 Å². The Morgan fingerprint density at radius 2 is 1.91 bits per heavy atom. The predicted molar refractivity (Wildman–Crippen MR) is 88.9 cm³/mol. The van der Waals surface area contributed by atoms with Gasteiger partial charge in [-0.05, 0) is 44.7 Å². The highest BCUT2D eigenvalue weighted by atomic mass is 16.2. The van der Waals surface area contributed by atoms with Gasteiger partial charge in [0.25, 0.3) is 0 Å². The van der Waals surface area contributed by atoms with Gasteiger partial charge in [-0.15, -0.1) is 0 Å². The lowest BCUT2D eigenvalue weighted by Crippen LogP contribution is -2.54. The third-order valence-corrected chi connectivity index (χ3v) is 5.19. The fourth-order valence-electron chi connectivity index (χ4n) is 4.02. The fraction of sp³-hybridized carbons (Fsp3) is 0.824. The molecule has 0 radical (unpaired) electrons. The summed E-state index contributed by atoms with van der Waals surface area (Å²) in [7, 11) is 0. The molecule has 3 heterocycles. The lowest BCUT2D eigenvalue weighted by Gasteiger charge is -2.41. The van der Waals surface area contributed by atoms with Gasteiger partial charge in [-0.25, -0.2) is 9.67 Å². The topological polar surface area (TPSA) is 54.3 Å². The van der Waals surface area contributed by atoms with Crippen LogP contribution in [0.4, 0.5) is 0 Å². The first-order valence-electron chi connectivity index (χ1n) is 9.04. The van der Waals surface area contributed by atoms with Gasteiger partial charge >= 0.3 is 0 Å². The van der Waals surface area contributed by atoms with Crippen LogP contribution in [0, 0.1) is 5.92 Å². The Balaban J connectivity index is 1.69. The van der Waals surface area contributed by atoms with Crippen LogP contribution in [-0.4, -0.2) is 62.7 Å². The van der Waals surface area contributed by atoms with E-state index in [1.54, 1.807) is 12.7 Å². The van der Waals surface area contributed by atoms with Crippen LogP contribution in [0.3, 0.4) is 0 Å². The average Bonchev–Trinajstić information content (AvgIpc) is 3.10. The van der Waals surface area contributed by atoms with Crippen molar-refractivity contribution in [3.8, 4) is 0 Å². The van der Waals surface area contributed by atoms with Gasteiger partial charge in [-0.2, -0.15) is 5.10 Å². The second-order valence-corrected chi connectivity index (χ2v) is 7.24. The normalized spacial score (nSPS) is 24.8. The minimum atomic E-state index is 0.0322. The van der Waals surface area contributed by atoms with Crippen LogP contribution in [0.1, 0.15) is 52.0 Å². The Labute approximate surface area is 138 Å². The molecular weight excluding hydrogens is 290 g/mol. The SMILES string of the molecule is CC(C)[C@H](C(=O)N1CCC[C@H](n2cncn2)C1)N1CCCCC1. The number of carbonyl (C=O) groups is 1. The first-order valence-corrected chi connectivity index (χ1v) is 9.04. The molecule has 2 aliphatic heterocycles. The van der Waals surface area contributed by atoms with E-state index in [1.807, 2.05) is 4.68 Å². The van der Waals surface area contributed by atoms with Gasteiger partial charge in [0.1, 0.15) is 12.7 Å². The van der Waals surface area contributed by atoms with E-state index in [2.05, 4.69) is 33.7 Å². The van der Waals surface area contributed by atoms with Gasteiger partial charge < -0.3 is 4.90 Å². The Kier molecular flexibility index (Phi) is 5.30. The predicted octanol–water partition coefficient (Wildman–Crippen LogP) is 1.95. The molecule has 0 aromatic carbocycles. The average molecular weight is 319 g/mol. The molecule has 1 amide bonds. The molecule has 0 spiro atoms. The van der Waals surface area contributed by atoms with E-state index >= 15 is 0 Å².